The summed E-state index contributed by atoms with van der Waals surface area (Å²) in [6, 6.07) is 13.0. The molecule has 2 aromatic carbocycles. The van der Waals surface area contributed by atoms with Gasteiger partial charge < -0.3 is 10.2 Å². The number of nitrogens with zero attached hydrogens (tertiary/aromatic N) is 2. The zero-order valence-corrected chi connectivity index (χ0v) is 19.7. The third-order valence-corrected chi connectivity index (χ3v) is 7.50. The van der Waals surface area contributed by atoms with Crippen LogP contribution in [0.3, 0.4) is 0 Å². The Balaban J connectivity index is 1.46. The van der Waals surface area contributed by atoms with Crippen molar-refractivity contribution >= 4 is 44.0 Å². The van der Waals surface area contributed by atoms with E-state index in [4.69, 9.17) is 0 Å². The fourth-order valence-corrected chi connectivity index (χ4v) is 5.32. The Morgan fingerprint density at radius 1 is 1.15 bits per heavy atom. The van der Waals surface area contributed by atoms with Gasteiger partial charge in [0.15, 0.2) is 5.13 Å². The highest BCUT2D eigenvalue weighted by Gasteiger charge is 2.30. The van der Waals surface area contributed by atoms with Crippen molar-refractivity contribution in [3.8, 4) is 0 Å². The summed E-state index contributed by atoms with van der Waals surface area (Å²) in [5.41, 5.74) is 1.73. The number of anilines is 2. The fourth-order valence-electron chi connectivity index (χ4n) is 3.68. The van der Waals surface area contributed by atoms with E-state index in [0.717, 1.165) is 5.56 Å². The number of sulfonamides is 1. The van der Waals surface area contributed by atoms with E-state index in [1.54, 1.807) is 40.7 Å². The Labute approximate surface area is 196 Å². The second-order valence-electron chi connectivity index (χ2n) is 7.92. The van der Waals surface area contributed by atoms with Crippen LogP contribution in [0.5, 0.6) is 0 Å². The molecular formula is C23H24N4O4S2. The van der Waals surface area contributed by atoms with Crippen molar-refractivity contribution in [1.29, 1.82) is 0 Å². The van der Waals surface area contributed by atoms with Crippen molar-refractivity contribution in [2.24, 2.45) is 5.92 Å². The normalized spacial score (nSPS) is 16.3. The van der Waals surface area contributed by atoms with Gasteiger partial charge in [0.2, 0.25) is 5.91 Å². The first kappa shape index (κ1) is 22.9. The molecule has 2 amide bonds. The van der Waals surface area contributed by atoms with Crippen LogP contribution in [-0.4, -0.2) is 43.2 Å². The molecule has 1 fully saturated rings. The highest BCUT2D eigenvalue weighted by molar-refractivity contribution is 7.92. The molecule has 10 heteroatoms. The molecule has 0 saturated carbocycles. The predicted octanol–water partition coefficient (Wildman–Crippen LogP) is 3.74. The molecule has 2 heterocycles. The average molecular weight is 485 g/mol. The van der Waals surface area contributed by atoms with Crippen molar-refractivity contribution in [1.82, 2.24) is 9.88 Å². The molecule has 2 N–H and O–H groups in total. The monoisotopic (exact) mass is 484 g/mol. The summed E-state index contributed by atoms with van der Waals surface area (Å²) in [6.45, 7) is 2.70. The topological polar surface area (TPSA) is 108 Å². The molecule has 1 unspecified atom stereocenters. The van der Waals surface area contributed by atoms with Crippen LogP contribution in [0.4, 0.5) is 10.8 Å². The standard InChI is InChI=1S/C23H24N4O4S2/c1-16-7-9-19(10-8-16)26-33(30,31)20-6-2-4-17(14-20)22(29)27-12-3-5-18(15-27)21(28)25-23-24-11-13-32-23/h2,4,6-11,13-14,18,26H,3,5,12,15H2,1H3,(H,24,25,28). The van der Waals surface area contributed by atoms with Gasteiger partial charge in [0.1, 0.15) is 0 Å². The van der Waals surface area contributed by atoms with Gasteiger partial charge in [0.05, 0.1) is 10.8 Å². The highest BCUT2D eigenvalue weighted by Crippen LogP contribution is 2.23. The number of rotatable bonds is 6. The van der Waals surface area contributed by atoms with Gasteiger partial charge >= 0.3 is 0 Å². The lowest BCUT2D eigenvalue weighted by Gasteiger charge is -2.32. The molecule has 1 aliphatic heterocycles. The number of hydrogen-bond acceptors (Lipinski definition) is 6. The van der Waals surface area contributed by atoms with Crippen molar-refractivity contribution < 1.29 is 18.0 Å². The van der Waals surface area contributed by atoms with Gasteiger partial charge in [0, 0.05) is 35.9 Å². The maximum Gasteiger partial charge on any atom is 0.261 e. The van der Waals surface area contributed by atoms with Crippen LogP contribution in [0.15, 0.2) is 65.0 Å². The molecule has 0 bridgehead atoms. The van der Waals surface area contributed by atoms with Crippen molar-refractivity contribution in [3.63, 3.8) is 0 Å². The molecule has 4 rings (SSSR count). The summed E-state index contributed by atoms with van der Waals surface area (Å²) in [6.07, 6.45) is 2.98. The Bertz CT molecular complexity index is 1240. The molecule has 1 aliphatic rings. The number of amides is 2. The summed E-state index contributed by atoms with van der Waals surface area (Å²) in [5.74, 6) is -0.808. The molecular weight excluding hydrogens is 460 g/mol. The van der Waals surface area contributed by atoms with E-state index >= 15 is 0 Å². The summed E-state index contributed by atoms with van der Waals surface area (Å²) in [5, 5.41) is 5.10. The van der Waals surface area contributed by atoms with Crippen molar-refractivity contribution in [2.75, 3.05) is 23.1 Å². The zero-order chi connectivity index (χ0) is 23.4. The minimum Gasteiger partial charge on any atom is -0.338 e. The lowest BCUT2D eigenvalue weighted by molar-refractivity contribution is -0.121. The number of piperidine rings is 1. The lowest BCUT2D eigenvalue weighted by atomic mass is 9.96. The van der Waals surface area contributed by atoms with E-state index in [1.165, 1.54) is 23.5 Å². The number of aryl methyl sites for hydroxylation is 1. The van der Waals surface area contributed by atoms with Crippen LogP contribution in [0.25, 0.3) is 0 Å². The van der Waals surface area contributed by atoms with Gasteiger partial charge in [-0.25, -0.2) is 13.4 Å². The van der Waals surface area contributed by atoms with E-state index in [1.807, 2.05) is 19.1 Å². The SMILES string of the molecule is Cc1ccc(NS(=O)(=O)c2cccc(C(=O)N3CCCC(C(=O)Nc4nccs4)C3)c2)cc1. The molecule has 0 spiro atoms. The van der Waals surface area contributed by atoms with Crippen LogP contribution in [0, 0.1) is 12.8 Å². The van der Waals surface area contributed by atoms with Crippen LogP contribution < -0.4 is 10.0 Å². The smallest absolute Gasteiger partial charge is 0.261 e. The Morgan fingerprint density at radius 3 is 2.67 bits per heavy atom. The van der Waals surface area contributed by atoms with Gasteiger partial charge in [0.25, 0.3) is 15.9 Å². The number of benzene rings is 2. The average Bonchev–Trinajstić information content (AvgIpc) is 3.33. The molecule has 1 saturated heterocycles. The summed E-state index contributed by atoms with van der Waals surface area (Å²) in [4.78, 5) is 31.4. The summed E-state index contributed by atoms with van der Waals surface area (Å²) >= 11 is 1.34. The predicted molar refractivity (Wildman–Crippen MR) is 128 cm³/mol. The van der Waals surface area contributed by atoms with Crippen molar-refractivity contribution in [3.05, 3.63) is 71.2 Å². The minimum atomic E-state index is -3.86. The van der Waals surface area contributed by atoms with Gasteiger partial charge in [-0.3, -0.25) is 14.3 Å². The van der Waals surface area contributed by atoms with E-state index < -0.39 is 10.0 Å². The Kier molecular flexibility index (Phi) is 6.75. The molecule has 0 aliphatic carbocycles. The number of likely N-dealkylation sites (tertiary alicyclic amines) is 1. The fraction of sp³-hybridized carbons (Fsp3) is 0.261. The number of thiazole rings is 1. The highest BCUT2D eigenvalue weighted by atomic mass is 32.2. The first-order chi connectivity index (χ1) is 15.8. The third-order valence-electron chi connectivity index (χ3n) is 5.44. The largest absolute Gasteiger partial charge is 0.338 e. The first-order valence-corrected chi connectivity index (χ1v) is 12.9. The summed E-state index contributed by atoms with van der Waals surface area (Å²) in [7, 11) is -3.86. The molecule has 1 atom stereocenters. The maximum atomic E-state index is 13.1. The first-order valence-electron chi connectivity index (χ1n) is 10.5. The van der Waals surface area contributed by atoms with Gasteiger partial charge in [-0.05, 0) is 50.1 Å². The van der Waals surface area contributed by atoms with Gasteiger partial charge in [-0.15, -0.1) is 11.3 Å². The van der Waals surface area contributed by atoms with E-state index in [2.05, 4.69) is 15.0 Å². The molecule has 1 aromatic heterocycles. The second-order valence-corrected chi connectivity index (χ2v) is 10.5. The van der Waals surface area contributed by atoms with E-state index in [-0.39, 0.29) is 34.7 Å². The second kappa shape index (κ2) is 9.72. The van der Waals surface area contributed by atoms with Gasteiger partial charge in [-0.1, -0.05) is 23.8 Å². The number of aromatic nitrogens is 1. The van der Waals surface area contributed by atoms with Crippen LogP contribution in [0.2, 0.25) is 0 Å². The van der Waals surface area contributed by atoms with Crippen LogP contribution >= 0.6 is 11.3 Å². The summed E-state index contributed by atoms with van der Waals surface area (Å²) < 4.78 is 28.2. The number of carbonyl (C=O) groups excluding carboxylic acids is 2. The molecule has 172 valence electrons. The number of hydrogen-bond donors (Lipinski definition) is 2. The van der Waals surface area contributed by atoms with Crippen LogP contribution in [0.1, 0.15) is 28.8 Å². The Morgan fingerprint density at radius 2 is 1.94 bits per heavy atom. The number of carbonyl (C=O) groups is 2. The Hall–Kier alpha value is -3.24. The minimum absolute atomic E-state index is 0.00370. The third kappa shape index (κ3) is 5.58. The van der Waals surface area contributed by atoms with Crippen LogP contribution in [-0.2, 0) is 14.8 Å². The van der Waals surface area contributed by atoms with E-state index in [0.29, 0.717) is 30.2 Å². The number of nitrogens with one attached hydrogen (secondary N) is 2. The van der Waals surface area contributed by atoms with Gasteiger partial charge in [-0.2, -0.15) is 0 Å². The molecule has 3 aromatic rings. The lowest BCUT2D eigenvalue weighted by Crippen LogP contribution is -2.43. The van der Waals surface area contributed by atoms with E-state index in [9.17, 15) is 18.0 Å². The molecule has 8 nitrogen and oxygen atoms in total. The maximum absolute atomic E-state index is 13.1. The zero-order valence-electron chi connectivity index (χ0n) is 18.0. The molecule has 0 radical (unpaired) electrons. The quantitative estimate of drug-likeness (QED) is 0.554. The van der Waals surface area contributed by atoms with Crippen molar-refractivity contribution in [2.45, 2.75) is 24.7 Å². The molecule has 33 heavy (non-hydrogen) atoms.